The molecule has 2 aliphatic rings. The third kappa shape index (κ3) is 4.10. The minimum absolute atomic E-state index is 0.631. The van der Waals surface area contributed by atoms with E-state index in [4.69, 9.17) is 4.74 Å². The molecule has 1 atom stereocenters. The molecule has 0 aliphatic heterocycles. The first-order chi connectivity index (χ1) is 12.7. The van der Waals surface area contributed by atoms with Gasteiger partial charge in [0.05, 0.1) is 7.11 Å². The van der Waals surface area contributed by atoms with Gasteiger partial charge in [-0.25, -0.2) is 0 Å². The first-order valence-corrected chi connectivity index (χ1v) is 10.3. The predicted molar refractivity (Wildman–Crippen MR) is 111 cm³/mol. The first kappa shape index (κ1) is 17.9. The molecule has 0 radical (unpaired) electrons. The zero-order valence-electron chi connectivity index (χ0n) is 15.7. The SMILES string of the molecule is COc1cccc2c1CC(N(CCc1ccccc1S)CC1CC1)CC2. The summed E-state index contributed by atoms with van der Waals surface area (Å²) in [5.41, 5.74) is 4.28. The number of benzene rings is 2. The van der Waals surface area contributed by atoms with Crippen LogP contribution in [0.3, 0.4) is 0 Å². The van der Waals surface area contributed by atoms with Crippen molar-refractivity contribution >= 4 is 12.6 Å². The highest BCUT2D eigenvalue weighted by molar-refractivity contribution is 7.80. The molecule has 26 heavy (non-hydrogen) atoms. The fourth-order valence-corrected chi connectivity index (χ4v) is 4.55. The number of nitrogens with zero attached hydrogens (tertiary/aromatic N) is 1. The summed E-state index contributed by atoms with van der Waals surface area (Å²) in [7, 11) is 1.80. The van der Waals surface area contributed by atoms with E-state index >= 15 is 0 Å². The van der Waals surface area contributed by atoms with E-state index < -0.39 is 0 Å². The third-order valence-electron chi connectivity index (χ3n) is 6.00. The largest absolute Gasteiger partial charge is 0.496 e. The van der Waals surface area contributed by atoms with Crippen LogP contribution in [0.2, 0.25) is 0 Å². The van der Waals surface area contributed by atoms with Crippen LogP contribution in [0.25, 0.3) is 0 Å². The smallest absolute Gasteiger partial charge is 0.122 e. The second kappa shape index (κ2) is 8.06. The van der Waals surface area contributed by atoms with Crippen LogP contribution in [0.4, 0.5) is 0 Å². The highest BCUT2D eigenvalue weighted by Gasteiger charge is 2.31. The van der Waals surface area contributed by atoms with Crippen molar-refractivity contribution in [1.29, 1.82) is 0 Å². The second-order valence-corrected chi connectivity index (χ2v) is 8.29. The molecule has 2 nitrogen and oxygen atoms in total. The molecule has 0 N–H and O–H groups in total. The number of thiol groups is 1. The van der Waals surface area contributed by atoms with E-state index in [1.54, 1.807) is 7.11 Å². The minimum atomic E-state index is 0.631. The van der Waals surface area contributed by atoms with Gasteiger partial charge in [0.25, 0.3) is 0 Å². The summed E-state index contributed by atoms with van der Waals surface area (Å²) < 4.78 is 5.65. The van der Waals surface area contributed by atoms with E-state index in [-0.39, 0.29) is 0 Å². The fraction of sp³-hybridized carbons (Fsp3) is 0.478. The molecule has 4 rings (SSSR count). The molecule has 0 amide bonds. The Labute approximate surface area is 163 Å². The summed E-state index contributed by atoms with van der Waals surface area (Å²) >= 11 is 4.64. The van der Waals surface area contributed by atoms with Gasteiger partial charge in [-0.3, -0.25) is 4.90 Å². The minimum Gasteiger partial charge on any atom is -0.496 e. The molecule has 3 heteroatoms. The van der Waals surface area contributed by atoms with Crippen LogP contribution in [0.1, 0.15) is 36.0 Å². The van der Waals surface area contributed by atoms with Crippen molar-refractivity contribution in [3.63, 3.8) is 0 Å². The summed E-state index contributed by atoms with van der Waals surface area (Å²) in [6.07, 6.45) is 7.45. The summed E-state index contributed by atoms with van der Waals surface area (Å²) in [5.74, 6) is 1.99. The molecule has 1 saturated carbocycles. The zero-order chi connectivity index (χ0) is 17.9. The Bertz CT molecular complexity index is 741. The van der Waals surface area contributed by atoms with Crippen molar-refractivity contribution in [3.05, 3.63) is 59.2 Å². The van der Waals surface area contributed by atoms with Crippen molar-refractivity contribution in [2.45, 2.75) is 49.5 Å². The average Bonchev–Trinajstić information content (AvgIpc) is 3.49. The highest BCUT2D eigenvalue weighted by atomic mass is 32.1. The van der Waals surface area contributed by atoms with Crippen LogP contribution >= 0.6 is 12.6 Å². The van der Waals surface area contributed by atoms with Crippen LogP contribution < -0.4 is 4.74 Å². The molecular weight excluding hydrogens is 338 g/mol. The highest BCUT2D eigenvalue weighted by Crippen LogP contribution is 2.35. The van der Waals surface area contributed by atoms with Crippen molar-refractivity contribution in [1.82, 2.24) is 4.90 Å². The summed E-state index contributed by atoms with van der Waals surface area (Å²) in [6.45, 7) is 2.38. The summed E-state index contributed by atoms with van der Waals surface area (Å²) in [4.78, 5) is 3.88. The van der Waals surface area contributed by atoms with Crippen LogP contribution in [0, 0.1) is 5.92 Å². The van der Waals surface area contributed by atoms with E-state index in [0.29, 0.717) is 6.04 Å². The quantitative estimate of drug-likeness (QED) is 0.706. The van der Waals surface area contributed by atoms with Gasteiger partial charge in [0.15, 0.2) is 0 Å². The number of hydrogen-bond acceptors (Lipinski definition) is 3. The van der Waals surface area contributed by atoms with Crippen LogP contribution in [0.5, 0.6) is 5.75 Å². The lowest BCUT2D eigenvalue weighted by Crippen LogP contribution is -2.42. The van der Waals surface area contributed by atoms with Crippen LogP contribution in [-0.4, -0.2) is 31.1 Å². The van der Waals surface area contributed by atoms with Crippen molar-refractivity contribution in [2.75, 3.05) is 20.2 Å². The molecule has 2 aromatic carbocycles. The number of hydrogen-bond donors (Lipinski definition) is 1. The van der Waals surface area contributed by atoms with E-state index in [1.165, 1.54) is 48.9 Å². The molecule has 1 unspecified atom stereocenters. The molecule has 2 aliphatic carbocycles. The number of ether oxygens (including phenoxy) is 1. The van der Waals surface area contributed by atoms with Gasteiger partial charge in [-0.2, -0.15) is 0 Å². The Kier molecular flexibility index (Phi) is 5.56. The molecule has 2 aromatic rings. The lowest BCUT2D eigenvalue weighted by atomic mass is 9.86. The number of fused-ring (bicyclic) bond motifs is 1. The molecule has 1 fully saturated rings. The lowest BCUT2D eigenvalue weighted by Gasteiger charge is -2.36. The Morgan fingerprint density at radius 1 is 1.08 bits per heavy atom. The number of rotatable bonds is 7. The molecule has 0 aromatic heterocycles. The molecule has 138 valence electrons. The predicted octanol–water partition coefficient (Wildman–Crippen LogP) is 4.80. The Morgan fingerprint density at radius 3 is 2.69 bits per heavy atom. The average molecular weight is 368 g/mol. The maximum atomic E-state index is 5.65. The monoisotopic (exact) mass is 367 g/mol. The van der Waals surface area contributed by atoms with E-state index in [9.17, 15) is 0 Å². The van der Waals surface area contributed by atoms with Gasteiger partial charge in [-0.1, -0.05) is 30.3 Å². The van der Waals surface area contributed by atoms with Gasteiger partial charge < -0.3 is 4.74 Å². The second-order valence-electron chi connectivity index (χ2n) is 7.81. The Hall–Kier alpha value is -1.45. The molecular formula is C23H29NOS. The summed E-state index contributed by atoms with van der Waals surface area (Å²) in [6, 6.07) is 15.7. The molecule has 0 spiro atoms. The van der Waals surface area contributed by atoms with Crippen LogP contribution in [0.15, 0.2) is 47.4 Å². The van der Waals surface area contributed by atoms with Gasteiger partial charge in [0, 0.05) is 24.0 Å². The fourth-order valence-electron chi connectivity index (χ4n) is 4.28. The van der Waals surface area contributed by atoms with Crippen molar-refractivity contribution in [2.24, 2.45) is 5.92 Å². The molecule has 0 bridgehead atoms. The van der Waals surface area contributed by atoms with Gasteiger partial charge in [-0.05, 0) is 73.3 Å². The van der Waals surface area contributed by atoms with E-state index in [2.05, 4.69) is 60.0 Å². The van der Waals surface area contributed by atoms with Gasteiger partial charge in [0.1, 0.15) is 5.75 Å². The van der Waals surface area contributed by atoms with E-state index in [1.807, 2.05) is 0 Å². The van der Waals surface area contributed by atoms with Gasteiger partial charge in [0.2, 0.25) is 0 Å². The summed E-state index contributed by atoms with van der Waals surface area (Å²) in [5, 5.41) is 0. The van der Waals surface area contributed by atoms with Crippen molar-refractivity contribution in [3.8, 4) is 5.75 Å². The number of aryl methyl sites for hydroxylation is 1. The molecule has 0 saturated heterocycles. The van der Waals surface area contributed by atoms with Crippen molar-refractivity contribution < 1.29 is 4.74 Å². The Balaban J connectivity index is 1.49. The Morgan fingerprint density at radius 2 is 1.92 bits per heavy atom. The first-order valence-electron chi connectivity index (χ1n) is 9.90. The maximum absolute atomic E-state index is 5.65. The molecule has 0 heterocycles. The zero-order valence-corrected chi connectivity index (χ0v) is 16.6. The lowest BCUT2D eigenvalue weighted by molar-refractivity contribution is 0.172. The normalized spacial score (nSPS) is 19.4. The topological polar surface area (TPSA) is 12.5 Å². The van der Waals surface area contributed by atoms with Gasteiger partial charge in [-0.15, -0.1) is 12.6 Å². The standard InChI is InChI=1S/C23H29NOS/c1-25-22-7-4-6-18-11-12-20(15-21(18)22)24(16-17-9-10-17)14-13-19-5-2-3-8-23(19)26/h2-8,17,20,26H,9-16H2,1H3. The van der Waals surface area contributed by atoms with E-state index in [0.717, 1.165) is 35.9 Å². The van der Waals surface area contributed by atoms with Crippen LogP contribution in [-0.2, 0) is 19.3 Å². The number of methoxy groups -OCH3 is 1. The van der Waals surface area contributed by atoms with Gasteiger partial charge >= 0.3 is 0 Å². The third-order valence-corrected chi connectivity index (χ3v) is 6.44. The maximum Gasteiger partial charge on any atom is 0.122 e.